The first-order valence-electron chi connectivity index (χ1n) is 10.2. The molecule has 158 valence electrons. The molecule has 0 aliphatic carbocycles. The molecule has 0 aromatic heterocycles. The second-order valence-corrected chi connectivity index (χ2v) is 10.4. The van der Waals surface area contributed by atoms with Gasteiger partial charge in [0.05, 0.1) is 6.10 Å². The maximum Gasteiger partial charge on any atom is 0.258 e. The van der Waals surface area contributed by atoms with Crippen molar-refractivity contribution in [2.75, 3.05) is 24.3 Å². The van der Waals surface area contributed by atoms with E-state index in [9.17, 15) is 4.57 Å². The van der Waals surface area contributed by atoms with Crippen molar-refractivity contribution < 1.29 is 9.09 Å². The molecule has 0 aliphatic heterocycles. The molecule has 0 heterocycles. The summed E-state index contributed by atoms with van der Waals surface area (Å²) in [7, 11) is 0.663. The van der Waals surface area contributed by atoms with E-state index in [1.54, 1.807) is 0 Å². The van der Waals surface area contributed by atoms with Gasteiger partial charge in [-0.25, -0.2) is 0 Å². The number of rotatable bonds is 8. The van der Waals surface area contributed by atoms with Crippen LogP contribution in [0.1, 0.15) is 30.8 Å². The fraction of sp³-hybridized carbons (Fsp3) is 0.280. The average molecular weight is 423 g/mol. The smallest absolute Gasteiger partial charge is 0.258 e. The minimum Gasteiger partial charge on any atom is -0.378 e. The zero-order valence-corrected chi connectivity index (χ0v) is 19.3. The molecule has 5 heteroatoms. The number of aryl methyl sites for hydroxylation is 1. The molecule has 0 fully saturated rings. The highest BCUT2D eigenvalue weighted by molar-refractivity contribution is 7.67. The summed E-state index contributed by atoms with van der Waals surface area (Å²) in [6.45, 7) is 5.90. The maximum absolute atomic E-state index is 14.6. The quantitative estimate of drug-likeness (QED) is 0.439. The van der Waals surface area contributed by atoms with Crippen molar-refractivity contribution in [3.8, 4) is 0 Å². The molecule has 3 aromatic rings. The first kappa shape index (κ1) is 22.1. The highest BCUT2D eigenvalue weighted by Crippen LogP contribution is 2.59. The molecule has 0 bridgehead atoms. The predicted octanol–water partition coefficient (Wildman–Crippen LogP) is 6.20. The predicted molar refractivity (Wildman–Crippen MR) is 128 cm³/mol. The number of hydrogen-bond donors (Lipinski definition) is 1. The van der Waals surface area contributed by atoms with Crippen LogP contribution in [0.15, 0.2) is 78.9 Å². The van der Waals surface area contributed by atoms with E-state index in [0.29, 0.717) is 5.30 Å². The summed E-state index contributed by atoms with van der Waals surface area (Å²) in [5.41, 5.74) is 4.05. The fourth-order valence-corrected chi connectivity index (χ4v) is 5.96. The maximum atomic E-state index is 14.6. The van der Waals surface area contributed by atoms with E-state index in [0.717, 1.165) is 22.5 Å². The van der Waals surface area contributed by atoms with Gasteiger partial charge in [-0.2, -0.15) is 0 Å². The zero-order valence-electron chi connectivity index (χ0n) is 18.4. The van der Waals surface area contributed by atoms with E-state index in [1.807, 2.05) is 119 Å². The molecule has 4 nitrogen and oxygen atoms in total. The molecule has 0 saturated carbocycles. The average Bonchev–Trinajstić information content (AvgIpc) is 2.73. The fourth-order valence-electron chi connectivity index (χ4n) is 3.35. The van der Waals surface area contributed by atoms with Gasteiger partial charge in [0.25, 0.3) is 7.37 Å². The van der Waals surface area contributed by atoms with Crippen LogP contribution in [0.2, 0.25) is 0 Å². The number of anilines is 2. The molecule has 1 N–H and O–H groups in total. The summed E-state index contributed by atoms with van der Waals surface area (Å²) in [5, 5.41) is 4.20. The lowest BCUT2D eigenvalue weighted by atomic mass is 10.1. The van der Waals surface area contributed by atoms with Gasteiger partial charge in [-0.15, -0.1) is 0 Å². The number of para-hydroxylation sites is 1. The van der Waals surface area contributed by atoms with Gasteiger partial charge in [-0.3, -0.25) is 4.57 Å². The van der Waals surface area contributed by atoms with Crippen LogP contribution in [0.25, 0.3) is 0 Å². The van der Waals surface area contributed by atoms with Crippen LogP contribution < -0.4 is 15.5 Å². The molecule has 0 saturated heterocycles. The molecule has 0 spiro atoms. The molecule has 0 amide bonds. The lowest BCUT2D eigenvalue weighted by molar-refractivity contribution is 0.245. The van der Waals surface area contributed by atoms with Crippen LogP contribution in [0, 0.1) is 6.92 Å². The standard InChI is InChI=1S/C25H31N2O2P/c1-19(2)29-30(28,24-17-15-23(16-18-24)27(4)5)25(21-13-11-20(3)12-14-21)26-22-9-7-6-8-10-22/h6-19,25-26H,1-5H3/t25-,30+/m1/s1. The van der Waals surface area contributed by atoms with Crippen molar-refractivity contribution in [3.63, 3.8) is 0 Å². The largest absolute Gasteiger partial charge is 0.378 e. The highest BCUT2D eigenvalue weighted by Gasteiger charge is 2.38. The third-order valence-corrected chi connectivity index (χ3v) is 7.76. The number of nitrogens with zero attached hydrogens (tertiary/aromatic N) is 1. The van der Waals surface area contributed by atoms with Crippen molar-refractivity contribution in [2.45, 2.75) is 32.7 Å². The number of benzene rings is 3. The van der Waals surface area contributed by atoms with E-state index in [1.165, 1.54) is 0 Å². The van der Waals surface area contributed by atoms with Crippen molar-refractivity contribution in [1.82, 2.24) is 0 Å². The van der Waals surface area contributed by atoms with Crippen molar-refractivity contribution >= 4 is 24.0 Å². The van der Waals surface area contributed by atoms with Gasteiger partial charge in [0.15, 0.2) is 0 Å². The molecule has 0 aliphatic rings. The molecular formula is C25H31N2O2P. The van der Waals surface area contributed by atoms with Crippen LogP contribution in [0.4, 0.5) is 11.4 Å². The SMILES string of the molecule is Cc1ccc([C@H](Nc2ccccc2)[P@@](=O)(OC(C)C)c2ccc(N(C)C)cc2)cc1. The Morgan fingerprint density at radius 2 is 1.47 bits per heavy atom. The van der Waals surface area contributed by atoms with E-state index in [2.05, 4.69) is 5.32 Å². The normalized spacial score (nSPS) is 14.2. The van der Waals surface area contributed by atoms with Crippen LogP contribution in [0.5, 0.6) is 0 Å². The Balaban J connectivity index is 2.12. The Kier molecular flexibility index (Phi) is 7.02. The van der Waals surface area contributed by atoms with Crippen LogP contribution >= 0.6 is 7.37 Å². The van der Waals surface area contributed by atoms with Crippen molar-refractivity contribution in [3.05, 3.63) is 90.0 Å². The van der Waals surface area contributed by atoms with Gasteiger partial charge in [0, 0.05) is 30.8 Å². The Bertz CT molecular complexity index is 984. The molecule has 3 aromatic carbocycles. The van der Waals surface area contributed by atoms with Gasteiger partial charge in [0.2, 0.25) is 0 Å². The molecule has 0 radical (unpaired) electrons. The lowest BCUT2D eigenvalue weighted by Crippen LogP contribution is -2.22. The van der Waals surface area contributed by atoms with Gasteiger partial charge in [-0.1, -0.05) is 48.0 Å². The Hall–Kier alpha value is -2.55. The zero-order chi connectivity index (χ0) is 21.7. The van der Waals surface area contributed by atoms with Crippen molar-refractivity contribution in [2.24, 2.45) is 0 Å². The molecule has 30 heavy (non-hydrogen) atoms. The Morgan fingerprint density at radius 1 is 0.867 bits per heavy atom. The highest BCUT2D eigenvalue weighted by atomic mass is 31.2. The summed E-state index contributed by atoms with van der Waals surface area (Å²) in [4.78, 5) is 2.03. The first-order chi connectivity index (χ1) is 14.3. The number of hydrogen-bond acceptors (Lipinski definition) is 4. The van der Waals surface area contributed by atoms with E-state index < -0.39 is 13.2 Å². The number of nitrogens with one attached hydrogen (secondary N) is 1. The summed E-state index contributed by atoms with van der Waals surface area (Å²) in [5.74, 6) is -0.506. The molecule has 0 unspecified atom stereocenters. The summed E-state index contributed by atoms with van der Waals surface area (Å²) in [6.07, 6.45) is -0.185. The van der Waals surface area contributed by atoms with Crippen LogP contribution in [-0.2, 0) is 9.09 Å². The topological polar surface area (TPSA) is 41.6 Å². The molecule has 2 atom stereocenters. The third kappa shape index (κ3) is 5.13. The monoisotopic (exact) mass is 422 g/mol. The second-order valence-electron chi connectivity index (χ2n) is 7.99. The second kappa shape index (κ2) is 9.51. The first-order valence-corrected chi connectivity index (χ1v) is 11.9. The summed E-state index contributed by atoms with van der Waals surface area (Å²) < 4.78 is 20.8. The van der Waals surface area contributed by atoms with Crippen molar-refractivity contribution in [1.29, 1.82) is 0 Å². The van der Waals surface area contributed by atoms with Gasteiger partial charge in [0.1, 0.15) is 5.78 Å². The lowest BCUT2D eigenvalue weighted by Gasteiger charge is -2.31. The molecule has 3 rings (SSSR count). The van der Waals surface area contributed by atoms with E-state index in [-0.39, 0.29) is 6.10 Å². The van der Waals surface area contributed by atoms with E-state index >= 15 is 0 Å². The Labute approximate surface area is 180 Å². The van der Waals surface area contributed by atoms with Gasteiger partial charge >= 0.3 is 0 Å². The minimum absolute atomic E-state index is 0.185. The van der Waals surface area contributed by atoms with Gasteiger partial charge in [-0.05, 0) is 62.7 Å². The van der Waals surface area contributed by atoms with Crippen LogP contribution in [-0.4, -0.2) is 20.2 Å². The minimum atomic E-state index is -3.32. The Morgan fingerprint density at radius 3 is 2.00 bits per heavy atom. The third-order valence-electron chi connectivity index (χ3n) is 4.90. The summed E-state index contributed by atoms with van der Waals surface area (Å²) in [6, 6.07) is 25.8. The van der Waals surface area contributed by atoms with Crippen LogP contribution in [0.3, 0.4) is 0 Å². The summed E-state index contributed by atoms with van der Waals surface area (Å²) >= 11 is 0. The van der Waals surface area contributed by atoms with Gasteiger partial charge < -0.3 is 14.7 Å². The molecular weight excluding hydrogens is 391 g/mol. The van der Waals surface area contributed by atoms with E-state index in [4.69, 9.17) is 4.52 Å².